The van der Waals surface area contributed by atoms with Crippen molar-refractivity contribution in [1.29, 1.82) is 0 Å². The predicted octanol–water partition coefficient (Wildman–Crippen LogP) is 0.586. The largest absolute Gasteiger partial charge is 0.393 e. The molecule has 1 aromatic heterocycles. The van der Waals surface area contributed by atoms with E-state index < -0.39 is 0 Å². The second-order valence-corrected chi connectivity index (χ2v) is 4.39. The molecule has 1 aromatic rings. The Morgan fingerprint density at radius 3 is 3.00 bits per heavy atom. The first-order chi connectivity index (χ1) is 7.25. The molecule has 0 saturated carbocycles. The molecular formula is C11H19N3O. The first-order valence-electron chi connectivity index (χ1n) is 5.62. The van der Waals surface area contributed by atoms with Crippen LogP contribution in [0.5, 0.6) is 0 Å². The molecule has 0 aliphatic carbocycles. The van der Waals surface area contributed by atoms with Gasteiger partial charge in [0, 0.05) is 32.0 Å². The number of nitrogens with zero attached hydrogens (tertiary/aromatic N) is 3. The van der Waals surface area contributed by atoms with Gasteiger partial charge >= 0.3 is 0 Å². The zero-order chi connectivity index (χ0) is 10.7. The molecule has 1 aliphatic heterocycles. The van der Waals surface area contributed by atoms with Crippen molar-refractivity contribution < 1.29 is 5.11 Å². The van der Waals surface area contributed by atoms with Crippen LogP contribution in [-0.4, -0.2) is 45.3 Å². The standard InChI is InChI=1S/C11H19N3O/c1-10(15)11-2-4-13(8-11)6-7-14-5-3-12-9-14/h3,5,9-11,15H,2,4,6-8H2,1H3. The van der Waals surface area contributed by atoms with Gasteiger partial charge in [-0.05, 0) is 25.8 Å². The second kappa shape index (κ2) is 4.77. The summed E-state index contributed by atoms with van der Waals surface area (Å²) in [6.07, 6.45) is 6.61. The van der Waals surface area contributed by atoms with Crippen LogP contribution in [0.4, 0.5) is 0 Å². The predicted molar refractivity (Wildman–Crippen MR) is 58.5 cm³/mol. The lowest BCUT2D eigenvalue weighted by Crippen LogP contribution is -2.27. The van der Waals surface area contributed by atoms with Gasteiger partial charge in [0.05, 0.1) is 12.4 Å². The molecule has 1 aliphatic rings. The minimum atomic E-state index is -0.164. The first kappa shape index (κ1) is 10.6. The molecule has 4 nitrogen and oxygen atoms in total. The Morgan fingerprint density at radius 1 is 1.53 bits per heavy atom. The molecule has 0 bridgehead atoms. The number of hydrogen-bond donors (Lipinski definition) is 1. The lowest BCUT2D eigenvalue weighted by molar-refractivity contribution is 0.127. The zero-order valence-corrected chi connectivity index (χ0v) is 9.21. The summed E-state index contributed by atoms with van der Waals surface area (Å²) in [5.74, 6) is 0.466. The van der Waals surface area contributed by atoms with Gasteiger partial charge < -0.3 is 14.6 Å². The highest BCUT2D eigenvalue weighted by atomic mass is 16.3. The SMILES string of the molecule is CC(O)C1CCN(CCn2ccnc2)C1. The van der Waals surface area contributed by atoms with Gasteiger partial charge in [-0.25, -0.2) is 4.98 Å². The van der Waals surface area contributed by atoms with Crippen molar-refractivity contribution in [2.75, 3.05) is 19.6 Å². The Labute approximate surface area is 90.5 Å². The third-order valence-corrected chi connectivity index (χ3v) is 3.22. The highest BCUT2D eigenvalue weighted by Crippen LogP contribution is 2.19. The van der Waals surface area contributed by atoms with E-state index in [1.165, 1.54) is 0 Å². The van der Waals surface area contributed by atoms with Crippen LogP contribution in [-0.2, 0) is 6.54 Å². The van der Waals surface area contributed by atoms with Crippen LogP contribution in [0.15, 0.2) is 18.7 Å². The van der Waals surface area contributed by atoms with Crippen molar-refractivity contribution in [1.82, 2.24) is 14.5 Å². The van der Waals surface area contributed by atoms with E-state index in [0.29, 0.717) is 5.92 Å². The maximum atomic E-state index is 9.48. The zero-order valence-electron chi connectivity index (χ0n) is 9.21. The minimum Gasteiger partial charge on any atom is -0.393 e. The van der Waals surface area contributed by atoms with Gasteiger partial charge in [-0.15, -0.1) is 0 Å². The van der Waals surface area contributed by atoms with Crippen molar-refractivity contribution in [3.8, 4) is 0 Å². The molecule has 0 radical (unpaired) electrons. The van der Waals surface area contributed by atoms with Crippen molar-refractivity contribution >= 4 is 0 Å². The Balaban J connectivity index is 1.73. The molecule has 15 heavy (non-hydrogen) atoms. The normalized spacial score (nSPS) is 24.5. The molecule has 1 N–H and O–H groups in total. The van der Waals surface area contributed by atoms with E-state index in [1.54, 1.807) is 0 Å². The molecule has 0 amide bonds. The van der Waals surface area contributed by atoms with Gasteiger partial charge in [0.15, 0.2) is 0 Å². The highest BCUT2D eigenvalue weighted by molar-refractivity contribution is 4.80. The molecule has 0 aromatic carbocycles. The third-order valence-electron chi connectivity index (χ3n) is 3.22. The molecule has 4 heteroatoms. The summed E-state index contributed by atoms with van der Waals surface area (Å²) in [5, 5.41) is 9.48. The Bertz CT molecular complexity index is 284. The lowest BCUT2D eigenvalue weighted by atomic mass is 10.0. The maximum Gasteiger partial charge on any atom is 0.0946 e. The molecule has 1 saturated heterocycles. The third kappa shape index (κ3) is 2.79. The van der Waals surface area contributed by atoms with Crippen LogP contribution in [0.25, 0.3) is 0 Å². The summed E-state index contributed by atoms with van der Waals surface area (Å²) in [6, 6.07) is 0. The van der Waals surface area contributed by atoms with E-state index in [0.717, 1.165) is 32.6 Å². The van der Waals surface area contributed by atoms with Gasteiger partial charge in [0.25, 0.3) is 0 Å². The number of rotatable bonds is 4. The average Bonchev–Trinajstić information content (AvgIpc) is 2.86. The van der Waals surface area contributed by atoms with Gasteiger partial charge in [-0.1, -0.05) is 0 Å². The van der Waals surface area contributed by atoms with Crippen molar-refractivity contribution in [2.24, 2.45) is 5.92 Å². The second-order valence-electron chi connectivity index (χ2n) is 4.39. The maximum absolute atomic E-state index is 9.48. The van der Waals surface area contributed by atoms with Crippen LogP contribution in [0.2, 0.25) is 0 Å². The average molecular weight is 209 g/mol. The molecule has 2 heterocycles. The molecule has 2 rings (SSSR count). The van der Waals surface area contributed by atoms with Crippen LogP contribution < -0.4 is 0 Å². The van der Waals surface area contributed by atoms with E-state index in [4.69, 9.17) is 0 Å². The van der Waals surface area contributed by atoms with E-state index in [9.17, 15) is 5.11 Å². The van der Waals surface area contributed by atoms with Crippen LogP contribution in [0, 0.1) is 5.92 Å². The number of aliphatic hydroxyl groups excluding tert-OH is 1. The molecular weight excluding hydrogens is 190 g/mol. The monoisotopic (exact) mass is 209 g/mol. The molecule has 1 fully saturated rings. The van der Waals surface area contributed by atoms with Gasteiger partial charge in [-0.3, -0.25) is 0 Å². The summed E-state index contributed by atoms with van der Waals surface area (Å²) in [7, 11) is 0. The van der Waals surface area contributed by atoms with Gasteiger partial charge in [0.2, 0.25) is 0 Å². The Hall–Kier alpha value is -0.870. The van der Waals surface area contributed by atoms with E-state index in [2.05, 4.69) is 14.5 Å². The van der Waals surface area contributed by atoms with Crippen molar-refractivity contribution in [3.63, 3.8) is 0 Å². The van der Waals surface area contributed by atoms with E-state index in [-0.39, 0.29) is 6.10 Å². The number of aromatic nitrogens is 2. The van der Waals surface area contributed by atoms with Gasteiger partial charge in [0.1, 0.15) is 0 Å². The number of aliphatic hydroxyl groups is 1. The highest BCUT2D eigenvalue weighted by Gasteiger charge is 2.25. The summed E-state index contributed by atoms with van der Waals surface area (Å²) < 4.78 is 2.09. The van der Waals surface area contributed by atoms with Crippen LogP contribution in [0.3, 0.4) is 0 Å². The number of hydrogen-bond acceptors (Lipinski definition) is 3. The molecule has 2 atom stereocenters. The number of imidazole rings is 1. The Kier molecular flexibility index (Phi) is 3.38. The summed E-state index contributed by atoms with van der Waals surface area (Å²) in [6.45, 7) is 6.09. The van der Waals surface area contributed by atoms with Gasteiger partial charge in [-0.2, -0.15) is 0 Å². The topological polar surface area (TPSA) is 41.3 Å². The summed E-state index contributed by atoms with van der Waals surface area (Å²) >= 11 is 0. The Morgan fingerprint density at radius 2 is 2.40 bits per heavy atom. The van der Waals surface area contributed by atoms with Crippen LogP contribution in [0.1, 0.15) is 13.3 Å². The quantitative estimate of drug-likeness (QED) is 0.789. The lowest BCUT2D eigenvalue weighted by Gasteiger charge is -2.17. The fraction of sp³-hybridized carbons (Fsp3) is 0.727. The first-order valence-corrected chi connectivity index (χ1v) is 5.62. The molecule has 2 unspecified atom stereocenters. The summed E-state index contributed by atoms with van der Waals surface area (Å²) in [5.41, 5.74) is 0. The summed E-state index contributed by atoms with van der Waals surface area (Å²) in [4.78, 5) is 6.43. The van der Waals surface area contributed by atoms with E-state index >= 15 is 0 Å². The van der Waals surface area contributed by atoms with Crippen molar-refractivity contribution in [2.45, 2.75) is 26.0 Å². The molecule has 84 valence electrons. The minimum absolute atomic E-state index is 0.164. The smallest absolute Gasteiger partial charge is 0.0946 e. The van der Waals surface area contributed by atoms with Crippen LogP contribution >= 0.6 is 0 Å². The number of likely N-dealkylation sites (tertiary alicyclic amines) is 1. The van der Waals surface area contributed by atoms with E-state index in [1.807, 2.05) is 25.6 Å². The fourth-order valence-corrected chi connectivity index (χ4v) is 2.14. The fourth-order valence-electron chi connectivity index (χ4n) is 2.14. The van der Waals surface area contributed by atoms with Crippen molar-refractivity contribution in [3.05, 3.63) is 18.7 Å². The molecule has 0 spiro atoms.